The molecule has 0 amide bonds. The first-order valence-electron chi connectivity index (χ1n) is 11.3. The van der Waals surface area contributed by atoms with Crippen LogP contribution < -0.4 is 10.1 Å². The van der Waals surface area contributed by atoms with Crippen LogP contribution >= 0.6 is 0 Å². The number of nitrogens with zero attached hydrogens (tertiary/aromatic N) is 4. The number of nitrogens with one attached hydrogen (secondary N) is 1. The predicted octanol–water partition coefficient (Wildman–Crippen LogP) is 5.54. The molecule has 188 valence electrons. The molecule has 2 aromatic heterocycles. The number of aliphatic hydroxyl groups is 1. The lowest BCUT2D eigenvalue weighted by atomic mass is 10.0. The zero-order chi connectivity index (χ0) is 24.7. The van der Waals surface area contributed by atoms with Crippen molar-refractivity contribution in [1.82, 2.24) is 14.5 Å². The molecule has 1 aliphatic rings. The molecule has 2 aromatic carbocycles. The molecule has 5 rings (SSSR count). The number of nitro benzene ring substituents is 1. The van der Waals surface area contributed by atoms with Crippen molar-refractivity contribution in [2.45, 2.75) is 46.8 Å². The van der Waals surface area contributed by atoms with Crippen molar-refractivity contribution in [1.29, 1.82) is 0 Å². The van der Waals surface area contributed by atoms with Crippen molar-refractivity contribution in [2.75, 3.05) is 11.9 Å². The molecule has 2 N–H and O–H groups in total. The van der Waals surface area contributed by atoms with E-state index in [0.717, 1.165) is 48.0 Å². The number of nitro groups is 1. The molecule has 1 unspecified atom stereocenters. The van der Waals surface area contributed by atoms with Gasteiger partial charge in [0.05, 0.1) is 28.4 Å². The molecule has 0 saturated heterocycles. The second kappa shape index (κ2) is 9.90. The Morgan fingerprint density at radius 1 is 1.36 bits per heavy atom. The fraction of sp³-hybridized carbons (Fsp3) is 0.308. The fourth-order valence-electron chi connectivity index (χ4n) is 4.44. The zero-order valence-corrected chi connectivity index (χ0v) is 19.3. The highest BCUT2D eigenvalue weighted by Crippen LogP contribution is 2.39. The number of para-hydroxylation sites is 1. The summed E-state index contributed by atoms with van der Waals surface area (Å²) in [5.74, 6) is -0.321. The first kappa shape index (κ1) is 25.1. The van der Waals surface area contributed by atoms with Crippen molar-refractivity contribution in [2.24, 2.45) is 0 Å². The molecule has 1 atom stereocenters. The van der Waals surface area contributed by atoms with E-state index in [0.29, 0.717) is 22.7 Å². The van der Waals surface area contributed by atoms with Crippen LogP contribution in [0.15, 0.2) is 42.7 Å². The van der Waals surface area contributed by atoms with E-state index in [9.17, 15) is 19.6 Å². The van der Waals surface area contributed by atoms with Crippen molar-refractivity contribution >= 4 is 28.2 Å². The van der Waals surface area contributed by atoms with Crippen LogP contribution in [0.4, 0.5) is 21.7 Å². The molecule has 0 fully saturated rings. The van der Waals surface area contributed by atoms with Gasteiger partial charge >= 0.3 is 5.69 Å². The second-order valence-electron chi connectivity index (χ2n) is 8.72. The number of benzene rings is 2. The molecule has 0 radical (unpaired) electrons. The van der Waals surface area contributed by atoms with Crippen LogP contribution in [-0.4, -0.2) is 37.3 Å². The maximum Gasteiger partial charge on any atom is 0.306 e. The van der Waals surface area contributed by atoms with Crippen LogP contribution in [0, 0.1) is 22.9 Å². The van der Waals surface area contributed by atoms with Crippen LogP contribution in [0.25, 0.3) is 22.2 Å². The van der Waals surface area contributed by atoms with Gasteiger partial charge in [0.1, 0.15) is 12.3 Å². The van der Waals surface area contributed by atoms with Crippen molar-refractivity contribution in [3.8, 4) is 17.0 Å². The Kier molecular flexibility index (Phi) is 6.89. The standard InChI is InChI=1S/C25H24FN5O4.CH4/c1-14-9-19(26)21(31(33)34)10-20(14)28-25-27-11-22(35-13-15(2)32)23(29-25)18-12-30-8-4-6-16-5-3-7-17(18)24(16)30;/h3,5,7,9-12,15,32H,4,6,8,13H2,1-2H3,(H,27,28,29);1H4. The molecule has 1 aliphatic heterocycles. The Labute approximate surface area is 207 Å². The highest BCUT2D eigenvalue weighted by atomic mass is 19.1. The number of aromatic nitrogens is 3. The number of hydrogen-bond donors (Lipinski definition) is 2. The molecular formula is C26H28FN5O4. The molecule has 0 bridgehead atoms. The van der Waals surface area contributed by atoms with E-state index in [-0.39, 0.29) is 20.0 Å². The monoisotopic (exact) mass is 493 g/mol. The fourth-order valence-corrected chi connectivity index (χ4v) is 4.44. The average molecular weight is 494 g/mol. The molecule has 4 aromatic rings. The third kappa shape index (κ3) is 4.59. The Morgan fingerprint density at radius 2 is 2.17 bits per heavy atom. The molecule has 36 heavy (non-hydrogen) atoms. The van der Waals surface area contributed by atoms with Crippen LogP contribution in [0.5, 0.6) is 5.75 Å². The quantitative estimate of drug-likeness (QED) is 0.257. The van der Waals surface area contributed by atoms with Gasteiger partial charge in [-0.05, 0) is 43.9 Å². The van der Waals surface area contributed by atoms with Gasteiger partial charge in [-0.2, -0.15) is 4.39 Å². The normalized spacial score (nSPS) is 13.2. The zero-order valence-electron chi connectivity index (χ0n) is 19.3. The van der Waals surface area contributed by atoms with Gasteiger partial charge in [0, 0.05) is 29.8 Å². The van der Waals surface area contributed by atoms with Crippen LogP contribution in [0.2, 0.25) is 0 Å². The number of ether oxygens (including phenoxy) is 1. The van der Waals surface area contributed by atoms with Crippen molar-refractivity contribution in [3.05, 3.63) is 69.8 Å². The van der Waals surface area contributed by atoms with E-state index in [2.05, 4.69) is 20.9 Å². The topological polar surface area (TPSA) is 115 Å². The molecule has 0 aliphatic carbocycles. The first-order valence-corrected chi connectivity index (χ1v) is 11.3. The predicted molar refractivity (Wildman–Crippen MR) is 136 cm³/mol. The van der Waals surface area contributed by atoms with Crippen LogP contribution in [0.3, 0.4) is 0 Å². The number of aryl methyl sites for hydroxylation is 3. The average Bonchev–Trinajstić information content (AvgIpc) is 3.20. The van der Waals surface area contributed by atoms with E-state index >= 15 is 0 Å². The summed E-state index contributed by atoms with van der Waals surface area (Å²) in [6, 6.07) is 8.42. The number of hydrogen-bond acceptors (Lipinski definition) is 7. The summed E-state index contributed by atoms with van der Waals surface area (Å²) in [5.41, 5.74) is 3.98. The lowest BCUT2D eigenvalue weighted by Crippen LogP contribution is -2.14. The van der Waals surface area contributed by atoms with Gasteiger partial charge < -0.3 is 19.7 Å². The van der Waals surface area contributed by atoms with E-state index in [1.165, 1.54) is 11.8 Å². The highest BCUT2D eigenvalue weighted by molar-refractivity contribution is 5.98. The van der Waals surface area contributed by atoms with Gasteiger partial charge in [0.25, 0.3) is 0 Å². The maximum atomic E-state index is 14.0. The summed E-state index contributed by atoms with van der Waals surface area (Å²) in [6.45, 7) is 4.23. The highest BCUT2D eigenvalue weighted by Gasteiger charge is 2.22. The summed E-state index contributed by atoms with van der Waals surface area (Å²) in [6.07, 6.45) is 4.92. The molecule has 0 spiro atoms. The lowest BCUT2D eigenvalue weighted by molar-refractivity contribution is -0.387. The summed E-state index contributed by atoms with van der Waals surface area (Å²) >= 11 is 0. The summed E-state index contributed by atoms with van der Waals surface area (Å²) in [4.78, 5) is 19.4. The van der Waals surface area contributed by atoms with Gasteiger partial charge in [-0.3, -0.25) is 10.1 Å². The molecule has 3 heterocycles. The maximum absolute atomic E-state index is 14.0. The molecule has 9 nitrogen and oxygen atoms in total. The van der Waals surface area contributed by atoms with Gasteiger partial charge in [0.2, 0.25) is 11.8 Å². The minimum atomic E-state index is -0.907. The third-order valence-electron chi connectivity index (χ3n) is 6.05. The Morgan fingerprint density at radius 3 is 2.92 bits per heavy atom. The third-order valence-corrected chi connectivity index (χ3v) is 6.05. The van der Waals surface area contributed by atoms with Gasteiger partial charge in [-0.1, -0.05) is 25.6 Å². The molecule has 10 heteroatoms. The minimum absolute atomic E-state index is 0. The smallest absolute Gasteiger partial charge is 0.306 e. The van der Waals surface area contributed by atoms with E-state index < -0.39 is 22.5 Å². The van der Waals surface area contributed by atoms with Crippen molar-refractivity contribution in [3.63, 3.8) is 0 Å². The van der Waals surface area contributed by atoms with Gasteiger partial charge in [-0.25, -0.2) is 9.97 Å². The van der Waals surface area contributed by atoms with Crippen LogP contribution in [0.1, 0.15) is 31.9 Å². The summed E-state index contributed by atoms with van der Waals surface area (Å²) < 4.78 is 22.0. The lowest BCUT2D eigenvalue weighted by Gasteiger charge is -2.15. The number of rotatable bonds is 7. The largest absolute Gasteiger partial charge is 0.487 e. The second-order valence-corrected chi connectivity index (χ2v) is 8.72. The summed E-state index contributed by atoms with van der Waals surface area (Å²) in [5, 5.41) is 25.0. The Hall–Kier alpha value is -4.05. The SMILES string of the molecule is C.Cc1cc(F)c([N+](=O)[O-])cc1Nc1ncc(OCC(C)O)c(-c2cn3c4c(cccc24)CCC3)n1. The van der Waals surface area contributed by atoms with Gasteiger partial charge in [-0.15, -0.1) is 0 Å². The van der Waals surface area contributed by atoms with Gasteiger partial charge in [0.15, 0.2) is 5.75 Å². The summed E-state index contributed by atoms with van der Waals surface area (Å²) in [7, 11) is 0. The van der Waals surface area contributed by atoms with Crippen LogP contribution in [-0.2, 0) is 13.0 Å². The van der Waals surface area contributed by atoms with E-state index in [4.69, 9.17) is 9.72 Å². The van der Waals surface area contributed by atoms with E-state index in [1.807, 2.05) is 18.3 Å². The number of aliphatic hydroxyl groups excluding tert-OH is 1. The number of anilines is 2. The number of halogens is 1. The Bertz CT molecular complexity index is 1450. The molecule has 0 saturated carbocycles. The Balaban J connectivity index is 0.00000304. The minimum Gasteiger partial charge on any atom is -0.487 e. The molecular weight excluding hydrogens is 465 g/mol. The van der Waals surface area contributed by atoms with E-state index in [1.54, 1.807) is 13.8 Å². The van der Waals surface area contributed by atoms with Crippen molar-refractivity contribution < 1.29 is 19.2 Å². The first-order chi connectivity index (χ1) is 16.8.